The number of hydrogen-bond acceptors (Lipinski definition) is 3. The van der Waals surface area contributed by atoms with Gasteiger partial charge in [-0.15, -0.1) is 0 Å². The minimum absolute atomic E-state index is 0.734. The summed E-state index contributed by atoms with van der Waals surface area (Å²) in [5.41, 5.74) is 8.09. The predicted molar refractivity (Wildman–Crippen MR) is 78.2 cm³/mol. The smallest absolute Gasteiger partial charge is 0.0594 e. The Balaban J connectivity index is 1.55. The molecule has 0 bridgehead atoms. The van der Waals surface area contributed by atoms with E-state index in [1.165, 1.54) is 31.2 Å². The van der Waals surface area contributed by atoms with E-state index >= 15 is 0 Å². The highest BCUT2D eigenvalue weighted by Crippen LogP contribution is 2.35. The van der Waals surface area contributed by atoms with Gasteiger partial charge in [0.05, 0.1) is 13.2 Å². The summed E-state index contributed by atoms with van der Waals surface area (Å²) >= 11 is 0. The zero-order chi connectivity index (χ0) is 13.1. The van der Waals surface area contributed by atoms with Gasteiger partial charge in [0.1, 0.15) is 0 Å². The van der Waals surface area contributed by atoms with E-state index in [0.717, 1.165) is 44.0 Å². The van der Waals surface area contributed by atoms with Crippen molar-refractivity contribution in [3.05, 3.63) is 29.8 Å². The molecule has 0 aromatic heterocycles. The van der Waals surface area contributed by atoms with Gasteiger partial charge in [0.2, 0.25) is 0 Å². The van der Waals surface area contributed by atoms with Crippen LogP contribution in [0.25, 0.3) is 0 Å². The predicted octanol–water partition coefficient (Wildman–Crippen LogP) is 2.63. The average molecular weight is 260 g/mol. The summed E-state index contributed by atoms with van der Waals surface area (Å²) < 4.78 is 5.44. The summed E-state index contributed by atoms with van der Waals surface area (Å²) in [4.78, 5) is 2.63. The van der Waals surface area contributed by atoms with Gasteiger partial charge in [0, 0.05) is 24.8 Å². The van der Waals surface area contributed by atoms with E-state index < -0.39 is 0 Å². The minimum Gasteiger partial charge on any atom is -0.399 e. The van der Waals surface area contributed by atoms with Crippen LogP contribution in [0.3, 0.4) is 0 Å². The molecule has 2 N–H and O–H groups in total. The summed E-state index contributed by atoms with van der Waals surface area (Å²) in [5, 5.41) is 0. The molecule has 1 aromatic carbocycles. The van der Waals surface area contributed by atoms with Crippen LogP contribution in [0.5, 0.6) is 0 Å². The highest BCUT2D eigenvalue weighted by molar-refractivity contribution is 5.40. The van der Waals surface area contributed by atoms with Gasteiger partial charge in [-0.1, -0.05) is 12.1 Å². The molecule has 3 heteroatoms. The quantitative estimate of drug-likeness (QED) is 0.831. The third-order valence-electron chi connectivity index (χ3n) is 4.67. The highest BCUT2D eigenvalue weighted by Gasteiger charge is 2.27. The molecule has 1 heterocycles. The van der Waals surface area contributed by atoms with Crippen LogP contribution in [-0.4, -0.2) is 37.2 Å². The van der Waals surface area contributed by atoms with Crippen molar-refractivity contribution >= 4 is 5.69 Å². The van der Waals surface area contributed by atoms with Gasteiger partial charge >= 0.3 is 0 Å². The number of rotatable bonds is 2. The van der Waals surface area contributed by atoms with Crippen molar-refractivity contribution in [1.29, 1.82) is 0 Å². The summed E-state index contributed by atoms with van der Waals surface area (Å²) in [6, 6.07) is 9.26. The number of hydrogen-bond donors (Lipinski definition) is 1. The molecule has 0 spiro atoms. The largest absolute Gasteiger partial charge is 0.399 e. The lowest BCUT2D eigenvalue weighted by Crippen LogP contribution is -2.44. The first-order chi connectivity index (χ1) is 9.33. The fourth-order valence-corrected chi connectivity index (χ4v) is 3.49. The molecule has 3 nitrogen and oxygen atoms in total. The van der Waals surface area contributed by atoms with Crippen LogP contribution in [0.1, 0.15) is 37.2 Å². The summed E-state index contributed by atoms with van der Waals surface area (Å²) in [6.07, 6.45) is 5.28. The molecule has 104 valence electrons. The lowest BCUT2D eigenvalue weighted by atomic mass is 9.81. The Kier molecular flexibility index (Phi) is 4.04. The molecule has 0 unspecified atom stereocenters. The van der Waals surface area contributed by atoms with Crippen LogP contribution in [0.4, 0.5) is 5.69 Å². The standard InChI is InChI=1S/C16H24N2O/c17-15-5-1-13(2-6-15)14-3-7-16(8-4-14)18-9-11-19-12-10-18/h1-2,5-6,14,16H,3-4,7-12,17H2/t14-,16+. The Hall–Kier alpha value is -1.06. The Morgan fingerprint density at radius 1 is 0.947 bits per heavy atom. The number of anilines is 1. The average Bonchev–Trinajstić information content (AvgIpc) is 2.49. The molecule has 1 saturated heterocycles. The number of nitrogens with two attached hydrogens (primary N) is 1. The maximum absolute atomic E-state index is 5.76. The molecule has 0 atom stereocenters. The first kappa shape index (κ1) is 12.9. The van der Waals surface area contributed by atoms with Crippen molar-refractivity contribution in [2.24, 2.45) is 0 Å². The van der Waals surface area contributed by atoms with Crippen LogP contribution in [0, 0.1) is 0 Å². The number of nitrogen functional groups attached to an aromatic ring is 1. The normalized spacial score (nSPS) is 29.3. The monoisotopic (exact) mass is 260 g/mol. The first-order valence-corrected chi connectivity index (χ1v) is 7.50. The minimum atomic E-state index is 0.734. The van der Waals surface area contributed by atoms with Gasteiger partial charge in [-0.25, -0.2) is 0 Å². The Morgan fingerprint density at radius 3 is 2.21 bits per heavy atom. The van der Waals surface area contributed by atoms with E-state index in [4.69, 9.17) is 10.5 Å². The van der Waals surface area contributed by atoms with Gasteiger partial charge in [-0.3, -0.25) is 4.90 Å². The topological polar surface area (TPSA) is 38.5 Å². The second kappa shape index (κ2) is 5.93. The van der Waals surface area contributed by atoms with Gasteiger partial charge in [0.15, 0.2) is 0 Å². The lowest BCUT2D eigenvalue weighted by Gasteiger charge is -2.38. The SMILES string of the molecule is Nc1ccc([C@H]2CC[C@@H](N3CCOCC3)CC2)cc1. The third kappa shape index (κ3) is 3.10. The Bertz CT molecular complexity index is 390. The zero-order valence-corrected chi connectivity index (χ0v) is 11.6. The number of morpholine rings is 1. The van der Waals surface area contributed by atoms with E-state index in [0.29, 0.717) is 0 Å². The van der Waals surface area contributed by atoms with Crippen LogP contribution in [0.2, 0.25) is 0 Å². The highest BCUT2D eigenvalue weighted by atomic mass is 16.5. The fourth-order valence-electron chi connectivity index (χ4n) is 3.49. The third-order valence-corrected chi connectivity index (χ3v) is 4.67. The molecule has 2 fully saturated rings. The second-order valence-electron chi connectivity index (χ2n) is 5.82. The van der Waals surface area contributed by atoms with Crippen molar-refractivity contribution in [1.82, 2.24) is 4.90 Å². The van der Waals surface area contributed by atoms with Crippen molar-refractivity contribution < 1.29 is 4.74 Å². The molecule has 1 aliphatic carbocycles. The zero-order valence-electron chi connectivity index (χ0n) is 11.6. The lowest BCUT2D eigenvalue weighted by molar-refractivity contribution is 0.00730. The molecule has 3 rings (SSSR count). The van der Waals surface area contributed by atoms with Crippen molar-refractivity contribution in [2.45, 2.75) is 37.6 Å². The molecule has 0 amide bonds. The Morgan fingerprint density at radius 2 is 1.58 bits per heavy atom. The fraction of sp³-hybridized carbons (Fsp3) is 0.625. The van der Waals surface area contributed by atoms with Crippen molar-refractivity contribution in [3.63, 3.8) is 0 Å². The van der Waals surface area contributed by atoms with Gasteiger partial charge in [-0.2, -0.15) is 0 Å². The number of nitrogens with zero attached hydrogens (tertiary/aromatic N) is 1. The van der Waals surface area contributed by atoms with E-state index in [1.54, 1.807) is 0 Å². The molecule has 19 heavy (non-hydrogen) atoms. The van der Waals surface area contributed by atoms with E-state index in [1.807, 2.05) is 12.1 Å². The van der Waals surface area contributed by atoms with E-state index in [2.05, 4.69) is 17.0 Å². The van der Waals surface area contributed by atoms with Crippen molar-refractivity contribution in [3.8, 4) is 0 Å². The summed E-state index contributed by atoms with van der Waals surface area (Å²) in [7, 11) is 0. The molecule has 2 aliphatic rings. The van der Waals surface area contributed by atoms with Crippen molar-refractivity contribution in [2.75, 3.05) is 32.0 Å². The van der Waals surface area contributed by atoms with Crippen LogP contribution < -0.4 is 5.73 Å². The molecule has 1 aliphatic heterocycles. The summed E-state index contributed by atoms with van der Waals surface area (Å²) in [5.74, 6) is 0.734. The van der Waals surface area contributed by atoms with E-state index in [9.17, 15) is 0 Å². The van der Waals surface area contributed by atoms with Gasteiger partial charge in [0.25, 0.3) is 0 Å². The van der Waals surface area contributed by atoms with Crippen LogP contribution in [0.15, 0.2) is 24.3 Å². The maximum atomic E-state index is 5.76. The van der Waals surface area contributed by atoms with Gasteiger partial charge < -0.3 is 10.5 Å². The van der Waals surface area contributed by atoms with Gasteiger partial charge in [-0.05, 0) is 49.3 Å². The number of benzene rings is 1. The van der Waals surface area contributed by atoms with Crippen LogP contribution >= 0.6 is 0 Å². The van der Waals surface area contributed by atoms with Crippen LogP contribution in [-0.2, 0) is 4.74 Å². The molecular weight excluding hydrogens is 236 g/mol. The second-order valence-corrected chi connectivity index (χ2v) is 5.82. The maximum Gasteiger partial charge on any atom is 0.0594 e. The number of ether oxygens (including phenoxy) is 1. The Labute approximate surface area is 115 Å². The molecular formula is C16H24N2O. The molecule has 1 saturated carbocycles. The summed E-state index contributed by atoms with van der Waals surface area (Å²) in [6.45, 7) is 4.07. The first-order valence-electron chi connectivity index (χ1n) is 7.50. The molecule has 0 radical (unpaired) electrons. The molecule has 1 aromatic rings. The van der Waals surface area contributed by atoms with E-state index in [-0.39, 0.29) is 0 Å².